The Labute approximate surface area is 245 Å². The van der Waals surface area contributed by atoms with Crippen molar-refractivity contribution < 1.29 is 31.1 Å². The van der Waals surface area contributed by atoms with Crippen LogP contribution in [-0.2, 0) is 29.7 Å². The molecule has 0 spiro atoms. The van der Waals surface area contributed by atoms with E-state index in [0.29, 0.717) is 17.5 Å². The molecule has 0 saturated heterocycles. The van der Waals surface area contributed by atoms with Crippen molar-refractivity contribution in [3.05, 3.63) is 104 Å². The van der Waals surface area contributed by atoms with Crippen LogP contribution >= 0.6 is 11.6 Å². The Morgan fingerprint density at radius 3 is 2.43 bits per heavy atom. The van der Waals surface area contributed by atoms with Crippen molar-refractivity contribution in [1.82, 2.24) is 14.9 Å². The first kappa shape index (κ1) is 30.9. The van der Waals surface area contributed by atoms with Crippen molar-refractivity contribution >= 4 is 44.6 Å². The summed E-state index contributed by atoms with van der Waals surface area (Å²) in [5, 5.41) is 3.66. The molecule has 0 saturated carbocycles. The molecule has 0 fully saturated rings. The Balaban J connectivity index is 1.78. The molecule has 0 bridgehead atoms. The highest BCUT2D eigenvalue weighted by Gasteiger charge is 2.21. The van der Waals surface area contributed by atoms with Crippen molar-refractivity contribution in [3.63, 3.8) is 0 Å². The van der Waals surface area contributed by atoms with Gasteiger partial charge in [0.15, 0.2) is 11.6 Å². The van der Waals surface area contributed by atoms with E-state index < -0.39 is 27.7 Å². The Bertz CT molecular complexity index is 1800. The van der Waals surface area contributed by atoms with Gasteiger partial charge in [0.2, 0.25) is 0 Å². The lowest BCUT2D eigenvalue weighted by atomic mass is 9.97. The van der Waals surface area contributed by atoms with Crippen molar-refractivity contribution in [2.24, 2.45) is 0 Å². The zero-order valence-corrected chi connectivity index (χ0v) is 24.3. The molecule has 222 valence electrons. The van der Waals surface area contributed by atoms with Gasteiger partial charge in [-0.05, 0) is 41.0 Å². The van der Waals surface area contributed by atoms with Crippen LogP contribution in [-0.4, -0.2) is 40.6 Å². The summed E-state index contributed by atoms with van der Waals surface area (Å²) in [5.74, 6) is -1.28. The lowest BCUT2D eigenvalue weighted by Gasteiger charge is -2.16. The molecule has 1 heterocycles. The summed E-state index contributed by atoms with van der Waals surface area (Å²) in [6.45, 7) is 0.402. The van der Waals surface area contributed by atoms with E-state index >= 15 is 4.39 Å². The van der Waals surface area contributed by atoms with Crippen LogP contribution < -0.4 is 25.1 Å². The number of fused-ring (bicyclic) bond motifs is 1. The minimum Gasteiger partial charge on any atom is -0.422 e. The molecule has 0 atom stereocenters. The van der Waals surface area contributed by atoms with Crippen LogP contribution in [0, 0.1) is 11.6 Å². The van der Waals surface area contributed by atoms with Crippen LogP contribution in [0.1, 0.15) is 22.3 Å². The van der Waals surface area contributed by atoms with E-state index in [9.17, 15) is 22.4 Å². The van der Waals surface area contributed by atoms with Gasteiger partial charge < -0.3 is 19.4 Å². The number of carbonyl (C=O) groups excluding carboxylic acids is 1. The standard InChI is InChI=1S/C28H27ClF2N4O6S/c1-32-42(38,39)34-23-6-4-5-17(26(23)31)11-20-21(15-33-14-16-7-9-18(30)10-8-16)19-12-22(29)25(41-28(37)35(2)3)13-24(19)40-27(20)36/h4-10,12-13,32-34H,11,14-15H2,1-3H3. The summed E-state index contributed by atoms with van der Waals surface area (Å²) < 4.78 is 67.6. The molecule has 42 heavy (non-hydrogen) atoms. The maximum Gasteiger partial charge on any atom is 0.414 e. The molecule has 1 aromatic heterocycles. The quantitative estimate of drug-likeness (QED) is 0.222. The van der Waals surface area contributed by atoms with Crippen LogP contribution in [0.25, 0.3) is 11.0 Å². The predicted molar refractivity (Wildman–Crippen MR) is 155 cm³/mol. The smallest absolute Gasteiger partial charge is 0.414 e. The first-order valence-corrected chi connectivity index (χ1v) is 14.4. The number of amides is 1. The molecule has 4 aromatic rings. The number of benzene rings is 3. The van der Waals surface area contributed by atoms with Gasteiger partial charge in [-0.1, -0.05) is 35.9 Å². The number of ether oxygens (including phenoxy) is 1. The number of anilines is 1. The second kappa shape index (κ2) is 12.9. The van der Waals surface area contributed by atoms with Gasteiger partial charge in [-0.3, -0.25) is 4.72 Å². The molecule has 3 N–H and O–H groups in total. The fourth-order valence-electron chi connectivity index (χ4n) is 4.06. The van der Waals surface area contributed by atoms with Crippen molar-refractivity contribution in [2.75, 3.05) is 25.9 Å². The monoisotopic (exact) mass is 620 g/mol. The predicted octanol–water partition coefficient (Wildman–Crippen LogP) is 4.54. The van der Waals surface area contributed by atoms with E-state index in [1.807, 2.05) is 4.72 Å². The number of nitrogens with zero attached hydrogens (tertiary/aromatic N) is 1. The van der Waals surface area contributed by atoms with E-state index in [1.54, 1.807) is 12.1 Å². The molecule has 1 amide bonds. The van der Waals surface area contributed by atoms with Crippen molar-refractivity contribution in [2.45, 2.75) is 19.5 Å². The maximum atomic E-state index is 15.4. The molecule has 0 aliphatic rings. The minimum atomic E-state index is -4.00. The summed E-state index contributed by atoms with van der Waals surface area (Å²) in [6, 6.07) is 12.8. The summed E-state index contributed by atoms with van der Waals surface area (Å²) in [7, 11) is 0.158. The van der Waals surface area contributed by atoms with Gasteiger partial charge in [0.1, 0.15) is 11.4 Å². The van der Waals surface area contributed by atoms with Gasteiger partial charge in [-0.15, -0.1) is 0 Å². The van der Waals surface area contributed by atoms with Crippen molar-refractivity contribution in [3.8, 4) is 5.75 Å². The summed E-state index contributed by atoms with van der Waals surface area (Å²) in [4.78, 5) is 26.6. The topological polar surface area (TPSA) is 130 Å². The van der Waals surface area contributed by atoms with Gasteiger partial charge in [0.25, 0.3) is 10.2 Å². The Kier molecular flexibility index (Phi) is 9.46. The van der Waals surface area contributed by atoms with E-state index in [2.05, 4.69) is 10.0 Å². The van der Waals surface area contributed by atoms with Gasteiger partial charge in [0, 0.05) is 57.7 Å². The van der Waals surface area contributed by atoms with Gasteiger partial charge in [0.05, 0.1) is 10.7 Å². The summed E-state index contributed by atoms with van der Waals surface area (Å²) in [6.07, 6.45) is -0.942. The van der Waals surface area contributed by atoms with Gasteiger partial charge >= 0.3 is 11.7 Å². The van der Waals surface area contributed by atoms with Crippen LogP contribution in [0.2, 0.25) is 5.02 Å². The minimum absolute atomic E-state index is 0.0281. The zero-order valence-electron chi connectivity index (χ0n) is 22.8. The van der Waals surface area contributed by atoms with E-state index in [-0.39, 0.29) is 52.0 Å². The Morgan fingerprint density at radius 2 is 1.76 bits per heavy atom. The second-order valence-electron chi connectivity index (χ2n) is 9.38. The third-order valence-corrected chi connectivity index (χ3v) is 7.56. The number of rotatable bonds is 10. The molecule has 14 heteroatoms. The molecule has 10 nitrogen and oxygen atoms in total. The largest absolute Gasteiger partial charge is 0.422 e. The van der Waals surface area contributed by atoms with Crippen LogP contribution in [0.15, 0.2) is 63.8 Å². The normalized spacial score (nSPS) is 11.5. The second-order valence-corrected chi connectivity index (χ2v) is 11.4. The highest BCUT2D eigenvalue weighted by atomic mass is 35.5. The summed E-state index contributed by atoms with van der Waals surface area (Å²) >= 11 is 6.44. The van der Waals surface area contributed by atoms with E-state index in [1.165, 1.54) is 68.5 Å². The Morgan fingerprint density at radius 1 is 1.05 bits per heavy atom. The third kappa shape index (κ3) is 7.23. The lowest BCUT2D eigenvalue weighted by molar-refractivity contribution is 0.172. The van der Waals surface area contributed by atoms with E-state index in [4.69, 9.17) is 20.8 Å². The fraction of sp³-hybridized carbons (Fsp3) is 0.214. The molecule has 3 aromatic carbocycles. The average molecular weight is 621 g/mol. The molecule has 0 aliphatic heterocycles. The summed E-state index contributed by atoms with van der Waals surface area (Å²) in [5.41, 5.74) is 0.306. The van der Waals surface area contributed by atoms with Crippen LogP contribution in [0.5, 0.6) is 5.75 Å². The molecular formula is C28H27ClF2N4O6S. The first-order valence-electron chi connectivity index (χ1n) is 12.5. The number of hydrogen-bond acceptors (Lipinski definition) is 7. The highest BCUT2D eigenvalue weighted by Crippen LogP contribution is 2.33. The zero-order chi connectivity index (χ0) is 30.6. The van der Waals surface area contributed by atoms with Gasteiger partial charge in [-0.2, -0.15) is 8.42 Å². The SMILES string of the molecule is CNS(=O)(=O)Nc1cccc(Cc2c(CNCc3ccc(F)cc3)c3cc(Cl)c(OC(=O)N(C)C)cc3oc2=O)c1F. The first-order chi connectivity index (χ1) is 19.9. The third-order valence-electron chi connectivity index (χ3n) is 6.24. The van der Waals surface area contributed by atoms with Crippen LogP contribution in [0.3, 0.4) is 0 Å². The number of halogens is 3. The van der Waals surface area contributed by atoms with Crippen LogP contribution in [0.4, 0.5) is 19.3 Å². The Hall–Kier alpha value is -4.04. The van der Waals surface area contributed by atoms with Crippen molar-refractivity contribution in [1.29, 1.82) is 0 Å². The highest BCUT2D eigenvalue weighted by molar-refractivity contribution is 7.90. The number of hydrogen-bond donors (Lipinski definition) is 3. The maximum absolute atomic E-state index is 15.4. The molecule has 0 aliphatic carbocycles. The molecule has 4 rings (SSSR count). The van der Waals surface area contributed by atoms with Gasteiger partial charge in [-0.25, -0.2) is 23.1 Å². The fourth-order valence-corrected chi connectivity index (χ4v) is 4.81. The number of nitrogens with one attached hydrogen (secondary N) is 3. The average Bonchev–Trinajstić information content (AvgIpc) is 2.94. The van der Waals surface area contributed by atoms with E-state index in [0.717, 1.165) is 5.56 Å². The lowest BCUT2D eigenvalue weighted by Crippen LogP contribution is -2.27. The number of carbonyl (C=O) groups is 1. The molecular weight excluding hydrogens is 594 g/mol. The molecule has 0 radical (unpaired) electrons. The molecule has 0 unspecified atom stereocenters.